The molecule has 5 aliphatic rings. The van der Waals surface area contributed by atoms with Crippen molar-refractivity contribution in [1.82, 2.24) is 10.6 Å². The van der Waals surface area contributed by atoms with Gasteiger partial charge in [0.05, 0.1) is 17.6 Å². The van der Waals surface area contributed by atoms with Crippen molar-refractivity contribution in [2.75, 3.05) is 13.1 Å². The van der Waals surface area contributed by atoms with Gasteiger partial charge in [-0.1, -0.05) is 43.7 Å². The topological polar surface area (TPSA) is 61.4 Å². The number of hydrogen-bond donors (Lipinski definition) is 3. The Balaban J connectivity index is 1.48. The fourth-order valence-electron chi connectivity index (χ4n) is 7.73. The molecule has 6 atom stereocenters. The highest BCUT2D eigenvalue weighted by Crippen LogP contribution is 2.71. The van der Waals surface area contributed by atoms with Crippen LogP contribution in [0.4, 0.5) is 0 Å². The molecule has 1 aromatic rings. The number of aliphatic hydroxyl groups is 1. The van der Waals surface area contributed by atoms with Gasteiger partial charge in [-0.2, -0.15) is 0 Å². The minimum absolute atomic E-state index is 0.105. The number of hydrogen-bond acceptors (Lipinski definition) is 3. The molecular weight excluding hydrogens is 348 g/mol. The van der Waals surface area contributed by atoms with Crippen molar-refractivity contribution in [3.63, 3.8) is 0 Å². The smallest absolute Gasteiger partial charge is 0.226 e. The number of benzene rings is 1. The van der Waals surface area contributed by atoms with E-state index < -0.39 is 6.10 Å². The fourth-order valence-corrected chi connectivity index (χ4v) is 7.73. The number of nitrogens with one attached hydrogen (secondary N) is 2. The van der Waals surface area contributed by atoms with Gasteiger partial charge in [0.2, 0.25) is 5.91 Å². The lowest BCUT2D eigenvalue weighted by atomic mass is 9.38. The molecule has 4 heteroatoms. The van der Waals surface area contributed by atoms with E-state index >= 15 is 0 Å². The number of carbonyl (C=O) groups excluding carboxylic acids is 1. The molecule has 4 aliphatic carbocycles. The van der Waals surface area contributed by atoms with E-state index in [0.29, 0.717) is 17.9 Å². The Hall–Kier alpha value is -1.39. The van der Waals surface area contributed by atoms with Crippen molar-refractivity contribution in [2.45, 2.75) is 75.9 Å². The van der Waals surface area contributed by atoms with Gasteiger partial charge in [0.1, 0.15) is 0 Å². The van der Waals surface area contributed by atoms with Crippen LogP contribution in [0.5, 0.6) is 0 Å². The maximum atomic E-state index is 13.7. The van der Waals surface area contributed by atoms with Gasteiger partial charge in [-0.05, 0) is 73.8 Å². The number of amides is 1. The van der Waals surface area contributed by atoms with Crippen molar-refractivity contribution >= 4 is 5.91 Å². The van der Waals surface area contributed by atoms with Crippen LogP contribution in [0.25, 0.3) is 0 Å². The molecule has 1 saturated heterocycles. The zero-order chi connectivity index (χ0) is 19.4. The molecule has 152 valence electrons. The summed E-state index contributed by atoms with van der Waals surface area (Å²) in [7, 11) is 0. The van der Waals surface area contributed by atoms with E-state index in [4.69, 9.17) is 0 Å². The Morgan fingerprint density at radius 2 is 2.00 bits per heavy atom. The molecule has 1 amide bonds. The van der Waals surface area contributed by atoms with E-state index in [1.165, 1.54) is 31.2 Å². The first kappa shape index (κ1) is 18.6. The normalized spacial score (nSPS) is 44.4. The first-order chi connectivity index (χ1) is 13.5. The highest BCUT2D eigenvalue weighted by Gasteiger charge is 2.65. The Morgan fingerprint density at radius 3 is 2.75 bits per heavy atom. The number of rotatable bonds is 4. The van der Waals surface area contributed by atoms with Gasteiger partial charge in [-0.25, -0.2) is 0 Å². The second-order valence-electron chi connectivity index (χ2n) is 10.4. The third-order valence-corrected chi connectivity index (χ3v) is 8.57. The van der Waals surface area contributed by atoms with E-state index in [-0.39, 0.29) is 22.8 Å². The molecule has 1 aromatic carbocycles. The standard InChI is InChI=1S/C24H34N2O2/c1-2-22-10-17-11-23(14-22,18-6-4-3-5-7-18)16-24(12-17,15-22)21(28)26-19-8-9-25-13-20(19)27/h3-7,17,19-20,25,27H,2,8-16H2,1H3,(H,26,28)/t17?,19-,20-,22?,23?,24?/m1/s1. The Morgan fingerprint density at radius 1 is 1.18 bits per heavy atom. The summed E-state index contributed by atoms with van der Waals surface area (Å²) < 4.78 is 0. The Bertz CT molecular complexity index is 752. The summed E-state index contributed by atoms with van der Waals surface area (Å²) in [5.74, 6) is 0.876. The van der Waals surface area contributed by atoms with Crippen LogP contribution in [0.2, 0.25) is 0 Å². The quantitative estimate of drug-likeness (QED) is 0.750. The van der Waals surface area contributed by atoms with Crippen LogP contribution in [0, 0.1) is 16.7 Å². The van der Waals surface area contributed by atoms with Gasteiger partial charge in [0.25, 0.3) is 0 Å². The number of β-amino-alcohol motifs (C(OH)–C–C–N with tert-alkyl or cyclic N) is 1. The number of aliphatic hydroxyl groups excluding tert-OH is 1. The average Bonchev–Trinajstić information content (AvgIpc) is 2.69. The van der Waals surface area contributed by atoms with Gasteiger partial charge in [-0.15, -0.1) is 0 Å². The predicted molar refractivity (Wildman–Crippen MR) is 110 cm³/mol. The maximum absolute atomic E-state index is 13.7. The van der Waals surface area contributed by atoms with Crippen LogP contribution in [-0.4, -0.2) is 36.2 Å². The second kappa shape index (κ2) is 6.56. The van der Waals surface area contributed by atoms with Crippen LogP contribution in [0.1, 0.15) is 63.9 Å². The third-order valence-electron chi connectivity index (χ3n) is 8.57. The van der Waals surface area contributed by atoms with Crippen LogP contribution < -0.4 is 10.6 Å². The van der Waals surface area contributed by atoms with Crippen molar-refractivity contribution in [3.8, 4) is 0 Å². The zero-order valence-electron chi connectivity index (χ0n) is 17.0. The minimum Gasteiger partial charge on any atom is -0.390 e. The van der Waals surface area contributed by atoms with E-state index in [0.717, 1.165) is 32.2 Å². The third kappa shape index (κ3) is 2.83. The first-order valence-electron chi connectivity index (χ1n) is 11.2. The average molecular weight is 383 g/mol. The highest BCUT2D eigenvalue weighted by atomic mass is 16.3. The molecule has 4 nitrogen and oxygen atoms in total. The molecule has 1 heterocycles. The summed E-state index contributed by atoms with van der Waals surface area (Å²) in [5.41, 5.74) is 1.65. The molecular formula is C24H34N2O2. The molecule has 28 heavy (non-hydrogen) atoms. The summed E-state index contributed by atoms with van der Waals surface area (Å²) >= 11 is 0. The lowest BCUT2D eigenvalue weighted by Crippen LogP contribution is -2.64. The van der Waals surface area contributed by atoms with Crippen molar-refractivity contribution < 1.29 is 9.90 Å². The molecule has 4 bridgehead atoms. The fraction of sp³-hybridized carbons (Fsp3) is 0.708. The van der Waals surface area contributed by atoms with Gasteiger partial charge >= 0.3 is 0 Å². The first-order valence-corrected chi connectivity index (χ1v) is 11.2. The SMILES string of the molecule is CCC12CC3CC(C(=O)N[C@@H]4CCNC[C@H]4O)(C1)CC(c1ccccc1)(C3)C2. The summed E-state index contributed by atoms with van der Waals surface area (Å²) in [6, 6.07) is 10.9. The second-order valence-corrected chi connectivity index (χ2v) is 10.4. The van der Waals surface area contributed by atoms with E-state index in [9.17, 15) is 9.90 Å². The van der Waals surface area contributed by atoms with Crippen molar-refractivity contribution in [2.24, 2.45) is 16.7 Å². The molecule has 0 spiro atoms. The molecule has 4 saturated carbocycles. The van der Waals surface area contributed by atoms with E-state index in [1.807, 2.05) is 0 Å². The molecule has 0 radical (unpaired) electrons. The van der Waals surface area contributed by atoms with Gasteiger partial charge < -0.3 is 15.7 Å². The van der Waals surface area contributed by atoms with Crippen LogP contribution in [0.3, 0.4) is 0 Å². The van der Waals surface area contributed by atoms with Crippen molar-refractivity contribution in [3.05, 3.63) is 35.9 Å². The Kier molecular flexibility index (Phi) is 4.37. The zero-order valence-corrected chi connectivity index (χ0v) is 17.0. The summed E-state index contributed by atoms with van der Waals surface area (Å²) in [4.78, 5) is 13.7. The number of carbonyl (C=O) groups is 1. The van der Waals surface area contributed by atoms with Gasteiger partial charge in [0.15, 0.2) is 0 Å². The van der Waals surface area contributed by atoms with Crippen LogP contribution in [0.15, 0.2) is 30.3 Å². The lowest BCUT2D eigenvalue weighted by Gasteiger charge is -2.66. The largest absolute Gasteiger partial charge is 0.390 e. The molecule has 6 rings (SSSR count). The van der Waals surface area contributed by atoms with E-state index in [2.05, 4.69) is 47.9 Å². The van der Waals surface area contributed by atoms with Gasteiger partial charge in [0, 0.05) is 6.54 Å². The number of piperidine rings is 1. The lowest BCUT2D eigenvalue weighted by molar-refractivity contribution is -0.164. The van der Waals surface area contributed by atoms with Crippen molar-refractivity contribution in [1.29, 1.82) is 0 Å². The molecule has 0 aromatic heterocycles. The molecule has 5 fully saturated rings. The van der Waals surface area contributed by atoms with Crippen LogP contribution in [-0.2, 0) is 10.2 Å². The maximum Gasteiger partial charge on any atom is 0.226 e. The monoisotopic (exact) mass is 382 g/mol. The molecule has 1 aliphatic heterocycles. The summed E-state index contributed by atoms with van der Waals surface area (Å²) in [5, 5.41) is 16.9. The van der Waals surface area contributed by atoms with E-state index in [1.54, 1.807) is 0 Å². The van der Waals surface area contributed by atoms with Gasteiger partial charge in [-0.3, -0.25) is 4.79 Å². The minimum atomic E-state index is -0.477. The molecule has 3 N–H and O–H groups in total. The highest BCUT2D eigenvalue weighted by molar-refractivity contribution is 5.84. The van der Waals surface area contributed by atoms with Crippen LogP contribution >= 0.6 is 0 Å². The molecule has 4 unspecified atom stereocenters. The summed E-state index contributed by atoms with van der Waals surface area (Å²) in [6.07, 6.45) is 8.34. The predicted octanol–water partition coefficient (Wildman–Crippen LogP) is 3.14. The summed E-state index contributed by atoms with van der Waals surface area (Å²) in [6.45, 7) is 3.77. The Labute approximate surface area is 168 Å².